The second-order valence-electron chi connectivity index (χ2n) is 9.81. The predicted molar refractivity (Wildman–Crippen MR) is 143 cm³/mol. The molecule has 0 bridgehead atoms. The van der Waals surface area contributed by atoms with Crippen LogP contribution in [-0.2, 0) is 4.79 Å². The van der Waals surface area contributed by atoms with Crippen LogP contribution in [0, 0.1) is 13.8 Å². The lowest BCUT2D eigenvalue weighted by Crippen LogP contribution is -2.55. The fraction of sp³-hybridized carbons (Fsp3) is 0.310. The van der Waals surface area contributed by atoms with Crippen molar-refractivity contribution in [2.45, 2.75) is 39.8 Å². The van der Waals surface area contributed by atoms with Gasteiger partial charge in [-0.2, -0.15) is 0 Å². The smallest absolute Gasteiger partial charge is 0.256 e. The predicted octanol–water partition coefficient (Wildman–Crippen LogP) is 4.62. The van der Waals surface area contributed by atoms with Crippen LogP contribution in [0.1, 0.15) is 46.7 Å². The quantitative estimate of drug-likeness (QED) is 0.472. The minimum Gasteiger partial charge on any atom is -0.497 e. The zero-order chi connectivity index (χ0) is 25.6. The molecule has 7 heteroatoms. The fourth-order valence-corrected chi connectivity index (χ4v) is 5.45. The molecule has 7 nitrogen and oxygen atoms in total. The number of aryl methyl sites for hydroxylation is 1. The minimum atomic E-state index is -0.162. The lowest BCUT2D eigenvalue weighted by molar-refractivity contribution is -0.110. The second kappa shape index (κ2) is 9.32. The molecule has 36 heavy (non-hydrogen) atoms. The Morgan fingerprint density at radius 3 is 2.53 bits per heavy atom. The van der Waals surface area contributed by atoms with Crippen molar-refractivity contribution < 1.29 is 14.3 Å². The number of carbonyl (C=O) groups excluding carboxylic acids is 2. The lowest BCUT2D eigenvalue weighted by Gasteiger charge is -2.36. The number of nitrogens with zero attached hydrogens (tertiary/aromatic N) is 1. The van der Waals surface area contributed by atoms with E-state index in [1.807, 2.05) is 67.3 Å². The first kappa shape index (κ1) is 23.9. The number of nitrogens with one attached hydrogen (secondary N) is 3. The molecule has 1 fully saturated rings. The number of benzene rings is 2. The van der Waals surface area contributed by atoms with Gasteiger partial charge in [0.2, 0.25) is 0 Å². The van der Waals surface area contributed by atoms with Crippen LogP contribution in [0.5, 0.6) is 5.75 Å². The van der Waals surface area contributed by atoms with Crippen molar-refractivity contribution in [2.24, 2.45) is 0 Å². The molecule has 0 radical (unpaired) electrons. The van der Waals surface area contributed by atoms with Crippen molar-refractivity contribution in [3.8, 4) is 16.9 Å². The summed E-state index contributed by atoms with van der Waals surface area (Å²) in [5.41, 5.74) is 7.20. The highest BCUT2D eigenvalue weighted by atomic mass is 16.5. The van der Waals surface area contributed by atoms with Crippen LogP contribution in [0.3, 0.4) is 0 Å². The number of methoxy groups -OCH3 is 1. The molecule has 0 aliphatic carbocycles. The number of anilines is 1. The maximum Gasteiger partial charge on any atom is 0.256 e. The Morgan fingerprint density at radius 2 is 1.81 bits per heavy atom. The molecule has 1 aromatic heterocycles. The number of piperazine rings is 1. The number of hydrogen-bond donors (Lipinski definition) is 3. The summed E-state index contributed by atoms with van der Waals surface area (Å²) in [5, 5.41) is 6.47. The van der Waals surface area contributed by atoms with E-state index < -0.39 is 0 Å². The maximum absolute atomic E-state index is 13.5. The van der Waals surface area contributed by atoms with Crippen molar-refractivity contribution in [1.82, 2.24) is 15.2 Å². The zero-order valence-corrected chi connectivity index (χ0v) is 21.4. The molecule has 2 aromatic carbocycles. The lowest BCUT2D eigenvalue weighted by atomic mass is 9.94. The molecule has 5 rings (SSSR count). The normalized spacial score (nSPS) is 20.4. The van der Waals surface area contributed by atoms with Gasteiger partial charge in [-0.05, 0) is 68.7 Å². The third-order valence-electron chi connectivity index (χ3n) is 7.03. The molecule has 2 aliphatic rings. The minimum absolute atomic E-state index is 0.0273. The van der Waals surface area contributed by atoms with Gasteiger partial charge in [0.15, 0.2) is 0 Å². The van der Waals surface area contributed by atoms with Crippen molar-refractivity contribution >= 4 is 29.2 Å². The molecule has 0 spiro atoms. The molecule has 3 aromatic rings. The van der Waals surface area contributed by atoms with Crippen LogP contribution >= 0.6 is 0 Å². The summed E-state index contributed by atoms with van der Waals surface area (Å²) < 4.78 is 5.41. The Balaban J connectivity index is 1.56. The highest BCUT2D eigenvalue weighted by molar-refractivity contribution is 6.36. The molecule has 1 saturated heterocycles. The number of amides is 2. The monoisotopic (exact) mass is 484 g/mol. The summed E-state index contributed by atoms with van der Waals surface area (Å²) in [6.45, 7) is 9.39. The summed E-state index contributed by atoms with van der Waals surface area (Å²) in [4.78, 5) is 31.9. The topological polar surface area (TPSA) is 86.5 Å². The summed E-state index contributed by atoms with van der Waals surface area (Å²) in [6.07, 6.45) is 1.87. The molecule has 186 valence electrons. The Labute approximate surface area is 211 Å². The van der Waals surface area contributed by atoms with Crippen LogP contribution in [-0.4, -0.2) is 54.0 Å². The zero-order valence-electron chi connectivity index (χ0n) is 21.4. The van der Waals surface area contributed by atoms with Crippen molar-refractivity contribution in [2.75, 3.05) is 25.5 Å². The average molecular weight is 485 g/mol. The first-order valence-corrected chi connectivity index (χ1v) is 12.3. The Kier molecular flexibility index (Phi) is 6.18. The van der Waals surface area contributed by atoms with E-state index in [0.29, 0.717) is 24.2 Å². The number of aromatic nitrogens is 1. The first-order chi connectivity index (χ1) is 17.3. The highest BCUT2D eigenvalue weighted by Gasteiger charge is 2.31. The molecule has 3 heterocycles. The van der Waals surface area contributed by atoms with Gasteiger partial charge in [0.25, 0.3) is 11.8 Å². The number of rotatable bonds is 4. The number of hydrogen-bond acceptors (Lipinski definition) is 4. The van der Waals surface area contributed by atoms with Gasteiger partial charge in [-0.1, -0.05) is 24.3 Å². The highest BCUT2D eigenvalue weighted by Crippen LogP contribution is 2.41. The number of aromatic amines is 1. The van der Waals surface area contributed by atoms with E-state index in [1.54, 1.807) is 7.11 Å². The number of fused-ring (bicyclic) bond motifs is 1. The van der Waals surface area contributed by atoms with Crippen LogP contribution in [0.2, 0.25) is 0 Å². The van der Waals surface area contributed by atoms with Crippen molar-refractivity contribution in [3.63, 3.8) is 0 Å². The van der Waals surface area contributed by atoms with Crippen LogP contribution in [0.4, 0.5) is 5.69 Å². The van der Waals surface area contributed by atoms with Gasteiger partial charge in [-0.15, -0.1) is 0 Å². The van der Waals surface area contributed by atoms with E-state index in [9.17, 15) is 9.59 Å². The van der Waals surface area contributed by atoms with Crippen molar-refractivity contribution in [1.29, 1.82) is 0 Å². The van der Waals surface area contributed by atoms with Gasteiger partial charge in [0.1, 0.15) is 5.75 Å². The number of carbonyl (C=O) groups is 2. The maximum atomic E-state index is 13.5. The summed E-state index contributed by atoms with van der Waals surface area (Å²) in [7, 11) is 1.64. The van der Waals surface area contributed by atoms with Gasteiger partial charge in [-0.25, -0.2) is 0 Å². The number of H-pyrrole nitrogens is 1. The standard InChI is InChI=1S/C29H32N4O3/c1-16-14-33(15-17(2)30-16)29(35)26-18(3)25(31-19(26)4)13-23-27-22(10-7-11-24(27)32-28(23)34)20-8-6-9-21(12-20)36-5/h6-13,16-17,30-31H,14-15H2,1-5H3,(H,32,34)/b23-13-/t16-,17+. The third kappa shape index (κ3) is 4.20. The SMILES string of the molecule is COc1cccc(-c2cccc3c2/C(=C/c2[nH]c(C)c(C(=O)N4C[C@@H](C)N[C@@H](C)C4)c2C)C(=O)N3)c1. The van der Waals surface area contributed by atoms with E-state index >= 15 is 0 Å². The molecule has 3 N–H and O–H groups in total. The Bertz CT molecular complexity index is 1380. The van der Waals surface area contributed by atoms with Gasteiger partial charge >= 0.3 is 0 Å². The van der Waals surface area contributed by atoms with Gasteiger partial charge in [0, 0.05) is 47.8 Å². The van der Waals surface area contributed by atoms with Gasteiger partial charge in [-0.3, -0.25) is 9.59 Å². The molecule has 2 aliphatic heterocycles. The van der Waals surface area contributed by atoms with Crippen LogP contribution in [0.25, 0.3) is 22.8 Å². The molecule has 0 saturated carbocycles. The third-order valence-corrected chi connectivity index (χ3v) is 7.03. The summed E-state index contributed by atoms with van der Waals surface area (Å²) >= 11 is 0. The van der Waals surface area contributed by atoms with E-state index in [-0.39, 0.29) is 23.9 Å². The van der Waals surface area contributed by atoms with E-state index in [2.05, 4.69) is 29.5 Å². The van der Waals surface area contributed by atoms with E-state index in [4.69, 9.17) is 4.74 Å². The largest absolute Gasteiger partial charge is 0.497 e. The summed E-state index contributed by atoms with van der Waals surface area (Å²) in [5.74, 6) is 0.618. The van der Waals surface area contributed by atoms with Gasteiger partial charge in [0.05, 0.1) is 18.2 Å². The molecule has 0 unspecified atom stereocenters. The molecule has 2 atom stereocenters. The Morgan fingerprint density at radius 1 is 1.08 bits per heavy atom. The Hall–Kier alpha value is -3.84. The number of ether oxygens (including phenoxy) is 1. The molecule has 2 amide bonds. The summed E-state index contributed by atoms with van der Waals surface area (Å²) in [6, 6.07) is 14.2. The average Bonchev–Trinajstić information content (AvgIpc) is 3.32. The molecular weight excluding hydrogens is 452 g/mol. The fourth-order valence-electron chi connectivity index (χ4n) is 5.45. The molecular formula is C29H32N4O3. The van der Waals surface area contributed by atoms with Crippen molar-refractivity contribution in [3.05, 3.63) is 70.5 Å². The van der Waals surface area contributed by atoms with Crippen LogP contribution < -0.4 is 15.4 Å². The second-order valence-corrected chi connectivity index (χ2v) is 9.81. The van der Waals surface area contributed by atoms with Gasteiger partial charge < -0.3 is 25.3 Å². The van der Waals surface area contributed by atoms with E-state index in [1.165, 1.54) is 0 Å². The first-order valence-electron chi connectivity index (χ1n) is 12.3. The van der Waals surface area contributed by atoms with E-state index in [0.717, 1.165) is 45.1 Å². The van der Waals surface area contributed by atoms with Crippen LogP contribution in [0.15, 0.2) is 42.5 Å².